The molecule has 0 saturated heterocycles. The van der Waals surface area contributed by atoms with Gasteiger partial charge in [-0.1, -0.05) is 164 Å². The van der Waals surface area contributed by atoms with Gasteiger partial charge in [-0.15, -0.1) is 0 Å². The third-order valence-electron chi connectivity index (χ3n) is 10.4. The number of hydrogen-bond donors (Lipinski definition) is 0. The van der Waals surface area contributed by atoms with E-state index in [-0.39, 0.29) is 0 Å². The molecule has 10 aromatic rings. The number of hydrogen-bond acceptors (Lipinski definition) is 1. The maximum Gasteiger partial charge on any atom is 0.0715 e. The normalized spacial score (nSPS) is 11.5. The number of rotatable bonds is 5. The second kappa shape index (κ2) is 12.5. The van der Waals surface area contributed by atoms with Gasteiger partial charge in [-0.2, -0.15) is 0 Å². The Hall–Kier alpha value is -6.83. The molecule has 242 valence electrons. The zero-order valence-corrected chi connectivity index (χ0v) is 28.5. The standard InChI is InChI=1S/C51H33N/c1-3-12-34(13-4-1)37-17-11-18-42(30-37)51-32-43(31-50(52-51)36-15-5-2-6-16-36)40-23-22-39-29-41(25-24-38(39)28-40)48-33-49-44-19-8-7-14-35(44)26-27-47(49)45-20-9-10-21-46(45)48/h1-33H. The minimum absolute atomic E-state index is 0.959. The molecule has 0 spiro atoms. The lowest BCUT2D eigenvalue weighted by Gasteiger charge is -2.14. The fraction of sp³-hybridized carbons (Fsp3) is 0. The summed E-state index contributed by atoms with van der Waals surface area (Å²) in [5.41, 5.74) is 11.3. The summed E-state index contributed by atoms with van der Waals surface area (Å²) in [4.78, 5) is 5.21. The van der Waals surface area contributed by atoms with Gasteiger partial charge in [0, 0.05) is 11.1 Å². The first-order valence-electron chi connectivity index (χ1n) is 17.9. The average Bonchev–Trinajstić information content (AvgIpc) is 3.23. The second-order valence-corrected chi connectivity index (χ2v) is 13.6. The van der Waals surface area contributed by atoms with Crippen molar-refractivity contribution in [2.75, 3.05) is 0 Å². The highest BCUT2D eigenvalue weighted by Crippen LogP contribution is 2.40. The smallest absolute Gasteiger partial charge is 0.0715 e. The van der Waals surface area contributed by atoms with Crippen molar-refractivity contribution in [3.8, 4) is 55.9 Å². The summed E-state index contributed by atoms with van der Waals surface area (Å²) in [6.45, 7) is 0. The summed E-state index contributed by atoms with van der Waals surface area (Å²) in [5.74, 6) is 0. The van der Waals surface area contributed by atoms with E-state index in [2.05, 4.69) is 200 Å². The van der Waals surface area contributed by atoms with Crippen molar-refractivity contribution in [1.82, 2.24) is 4.98 Å². The van der Waals surface area contributed by atoms with Crippen molar-refractivity contribution in [3.63, 3.8) is 0 Å². The van der Waals surface area contributed by atoms with E-state index in [1.165, 1.54) is 70.9 Å². The molecule has 1 heteroatoms. The highest BCUT2D eigenvalue weighted by atomic mass is 14.7. The van der Waals surface area contributed by atoms with Crippen LogP contribution in [0.15, 0.2) is 200 Å². The fourth-order valence-electron chi connectivity index (χ4n) is 7.78. The van der Waals surface area contributed by atoms with Gasteiger partial charge in [0.25, 0.3) is 0 Å². The van der Waals surface area contributed by atoms with Crippen LogP contribution in [0.2, 0.25) is 0 Å². The molecule has 0 N–H and O–H groups in total. The number of benzene rings is 9. The van der Waals surface area contributed by atoms with E-state index >= 15 is 0 Å². The number of fused-ring (bicyclic) bond motifs is 6. The zero-order chi connectivity index (χ0) is 34.4. The summed E-state index contributed by atoms with van der Waals surface area (Å²) >= 11 is 0. The Labute approximate surface area is 303 Å². The lowest BCUT2D eigenvalue weighted by atomic mass is 9.90. The van der Waals surface area contributed by atoms with Gasteiger partial charge in [0.15, 0.2) is 0 Å². The number of pyridine rings is 1. The second-order valence-electron chi connectivity index (χ2n) is 13.6. The summed E-state index contributed by atoms with van der Waals surface area (Å²) < 4.78 is 0. The summed E-state index contributed by atoms with van der Waals surface area (Å²) in [6, 6.07) is 72.4. The van der Waals surface area contributed by atoms with Gasteiger partial charge in [-0.25, -0.2) is 4.98 Å². The molecule has 0 unspecified atom stereocenters. The van der Waals surface area contributed by atoms with E-state index < -0.39 is 0 Å². The van der Waals surface area contributed by atoms with Crippen molar-refractivity contribution in [1.29, 1.82) is 0 Å². The van der Waals surface area contributed by atoms with Crippen molar-refractivity contribution in [2.24, 2.45) is 0 Å². The molecule has 10 rings (SSSR count). The molecule has 0 radical (unpaired) electrons. The van der Waals surface area contributed by atoms with Gasteiger partial charge in [0.1, 0.15) is 0 Å². The first-order chi connectivity index (χ1) is 25.7. The predicted octanol–water partition coefficient (Wildman–Crippen LogP) is 14.0. The summed E-state index contributed by atoms with van der Waals surface area (Å²) in [6.07, 6.45) is 0. The van der Waals surface area contributed by atoms with Gasteiger partial charge in [0.2, 0.25) is 0 Å². The lowest BCUT2D eigenvalue weighted by molar-refractivity contribution is 1.32. The van der Waals surface area contributed by atoms with E-state index in [0.29, 0.717) is 0 Å². The molecule has 1 aromatic heterocycles. The molecule has 0 atom stereocenters. The van der Waals surface area contributed by atoms with Gasteiger partial charge in [-0.3, -0.25) is 0 Å². The molecular formula is C51H33N. The quantitative estimate of drug-likeness (QED) is 0.168. The Bertz CT molecular complexity index is 2940. The molecule has 0 bridgehead atoms. The minimum atomic E-state index is 0.959. The number of aromatic nitrogens is 1. The highest BCUT2D eigenvalue weighted by molar-refractivity contribution is 6.21. The molecule has 9 aromatic carbocycles. The molecule has 0 aliphatic heterocycles. The largest absolute Gasteiger partial charge is 0.248 e. The predicted molar refractivity (Wildman–Crippen MR) is 221 cm³/mol. The molecule has 52 heavy (non-hydrogen) atoms. The third kappa shape index (κ3) is 5.32. The van der Waals surface area contributed by atoms with E-state index in [4.69, 9.17) is 4.98 Å². The van der Waals surface area contributed by atoms with E-state index in [9.17, 15) is 0 Å². The van der Waals surface area contributed by atoms with Crippen LogP contribution in [0.4, 0.5) is 0 Å². The van der Waals surface area contributed by atoms with Crippen LogP contribution in [0.5, 0.6) is 0 Å². The maximum absolute atomic E-state index is 5.21. The molecule has 0 aliphatic carbocycles. The van der Waals surface area contributed by atoms with Gasteiger partial charge in [0.05, 0.1) is 11.4 Å². The highest BCUT2D eigenvalue weighted by Gasteiger charge is 2.13. The molecular weight excluding hydrogens is 627 g/mol. The van der Waals surface area contributed by atoms with Gasteiger partial charge < -0.3 is 0 Å². The van der Waals surface area contributed by atoms with Crippen LogP contribution in [-0.2, 0) is 0 Å². The molecule has 1 nitrogen and oxygen atoms in total. The average molecular weight is 660 g/mol. The monoisotopic (exact) mass is 659 g/mol. The van der Waals surface area contributed by atoms with Crippen LogP contribution in [-0.4, -0.2) is 4.98 Å². The zero-order valence-electron chi connectivity index (χ0n) is 28.5. The lowest BCUT2D eigenvalue weighted by Crippen LogP contribution is -1.92. The minimum Gasteiger partial charge on any atom is -0.248 e. The summed E-state index contributed by atoms with van der Waals surface area (Å²) in [5, 5.41) is 10.1. The first kappa shape index (κ1) is 30.0. The Morgan fingerprint density at radius 1 is 0.231 bits per heavy atom. The van der Waals surface area contributed by atoms with E-state index in [0.717, 1.165) is 28.1 Å². The van der Waals surface area contributed by atoms with Crippen LogP contribution in [0.3, 0.4) is 0 Å². The Morgan fingerprint density at radius 2 is 0.769 bits per heavy atom. The Kier molecular flexibility index (Phi) is 7.22. The maximum atomic E-state index is 5.21. The van der Waals surface area contributed by atoms with Crippen LogP contribution in [0, 0.1) is 0 Å². The third-order valence-corrected chi connectivity index (χ3v) is 10.4. The first-order valence-corrected chi connectivity index (χ1v) is 17.9. The Balaban J connectivity index is 1.09. The molecule has 0 amide bonds. The van der Waals surface area contributed by atoms with E-state index in [1.807, 2.05) is 0 Å². The molecule has 1 heterocycles. The Morgan fingerprint density at radius 3 is 1.56 bits per heavy atom. The van der Waals surface area contributed by atoms with Crippen molar-refractivity contribution >= 4 is 43.1 Å². The molecule has 0 fully saturated rings. The van der Waals surface area contributed by atoms with Crippen molar-refractivity contribution in [2.45, 2.75) is 0 Å². The molecule has 0 saturated carbocycles. The van der Waals surface area contributed by atoms with Crippen molar-refractivity contribution in [3.05, 3.63) is 200 Å². The van der Waals surface area contributed by atoms with Crippen LogP contribution >= 0.6 is 0 Å². The van der Waals surface area contributed by atoms with Gasteiger partial charge >= 0.3 is 0 Å². The summed E-state index contributed by atoms with van der Waals surface area (Å²) in [7, 11) is 0. The fourth-order valence-corrected chi connectivity index (χ4v) is 7.78. The van der Waals surface area contributed by atoms with Crippen LogP contribution in [0.25, 0.3) is 99.0 Å². The number of nitrogens with zero attached hydrogens (tertiary/aromatic N) is 1. The van der Waals surface area contributed by atoms with Crippen LogP contribution in [0.1, 0.15) is 0 Å². The van der Waals surface area contributed by atoms with E-state index in [1.54, 1.807) is 0 Å². The van der Waals surface area contributed by atoms with Crippen LogP contribution < -0.4 is 0 Å². The van der Waals surface area contributed by atoms with Crippen molar-refractivity contribution < 1.29 is 0 Å². The van der Waals surface area contributed by atoms with Gasteiger partial charge in [-0.05, 0) is 113 Å². The topological polar surface area (TPSA) is 12.9 Å². The SMILES string of the molecule is c1ccc(-c2cccc(-c3cc(-c4ccc5cc(-c6cc7c8ccccc8ccc7c7ccccc67)ccc5c4)cc(-c4ccccc4)n3)c2)cc1. The molecule has 0 aliphatic rings.